The number of nitrogens with zero attached hydrogens (tertiary/aromatic N) is 1. The highest BCUT2D eigenvalue weighted by molar-refractivity contribution is 5.58. The Balaban J connectivity index is 2.36. The van der Waals surface area contributed by atoms with Crippen molar-refractivity contribution >= 4 is 0 Å². The SMILES string of the molecule is CNC(C)c1ncc(-c2cc(C)cc(C)c2)o1. The van der Waals surface area contributed by atoms with Crippen LogP contribution in [0.2, 0.25) is 0 Å². The summed E-state index contributed by atoms with van der Waals surface area (Å²) < 4.78 is 5.76. The van der Waals surface area contributed by atoms with Crippen molar-refractivity contribution in [3.8, 4) is 11.3 Å². The fourth-order valence-electron chi connectivity index (χ4n) is 1.86. The van der Waals surface area contributed by atoms with Crippen LogP contribution in [0.1, 0.15) is 30.0 Å². The number of nitrogens with one attached hydrogen (secondary N) is 1. The van der Waals surface area contributed by atoms with Crippen LogP contribution in [0.5, 0.6) is 0 Å². The maximum atomic E-state index is 5.76. The van der Waals surface area contributed by atoms with Gasteiger partial charge in [0.25, 0.3) is 0 Å². The molecule has 1 N–H and O–H groups in total. The number of aryl methyl sites for hydroxylation is 2. The van der Waals surface area contributed by atoms with Crippen LogP contribution in [-0.2, 0) is 0 Å². The Labute approximate surface area is 102 Å². The van der Waals surface area contributed by atoms with Crippen molar-refractivity contribution in [2.75, 3.05) is 7.05 Å². The Kier molecular flexibility index (Phi) is 3.29. The van der Waals surface area contributed by atoms with Gasteiger partial charge in [-0.1, -0.05) is 17.2 Å². The molecule has 2 aromatic rings. The highest BCUT2D eigenvalue weighted by Gasteiger charge is 2.11. The van der Waals surface area contributed by atoms with E-state index in [1.54, 1.807) is 6.20 Å². The summed E-state index contributed by atoms with van der Waals surface area (Å²) in [6.45, 7) is 6.20. The summed E-state index contributed by atoms with van der Waals surface area (Å²) in [6.07, 6.45) is 1.79. The molecule has 0 fully saturated rings. The predicted octanol–water partition coefficient (Wildman–Crippen LogP) is 3.24. The normalized spacial score (nSPS) is 12.7. The Morgan fingerprint density at radius 2 is 1.82 bits per heavy atom. The molecule has 0 amide bonds. The molecule has 0 aliphatic rings. The van der Waals surface area contributed by atoms with Crippen molar-refractivity contribution < 1.29 is 4.42 Å². The minimum atomic E-state index is 0.134. The van der Waals surface area contributed by atoms with Crippen molar-refractivity contribution in [1.29, 1.82) is 0 Å². The number of benzene rings is 1. The maximum absolute atomic E-state index is 5.76. The number of rotatable bonds is 3. The van der Waals surface area contributed by atoms with Crippen LogP contribution >= 0.6 is 0 Å². The Hall–Kier alpha value is -1.61. The summed E-state index contributed by atoms with van der Waals surface area (Å²) >= 11 is 0. The van der Waals surface area contributed by atoms with E-state index in [0.29, 0.717) is 0 Å². The first kappa shape index (κ1) is 11.9. The fraction of sp³-hybridized carbons (Fsp3) is 0.357. The molecule has 0 saturated heterocycles. The van der Waals surface area contributed by atoms with E-state index in [0.717, 1.165) is 17.2 Å². The van der Waals surface area contributed by atoms with Crippen LogP contribution in [0, 0.1) is 13.8 Å². The first-order chi connectivity index (χ1) is 8.10. The second kappa shape index (κ2) is 4.72. The minimum absolute atomic E-state index is 0.134. The van der Waals surface area contributed by atoms with Gasteiger partial charge in [-0.15, -0.1) is 0 Å². The van der Waals surface area contributed by atoms with Crippen molar-refractivity contribution in [2.24, 2.45) is 0 Å². The van der Waals surface area contributed by atoms with Crippen molar-refractivity contribution in [3.63, 3.8) is 0 Å². The van der Waals surface area contributed by atoms with Gasteiger partial charge in [0.1, 0.15) is 0 Å². The lowest BCUT2D eigenvalue weighted by atomic mass is 10.1. The minimum Gasteiger partial charge on any atom is -0.439 e. The molecular formula is C14H18N2O. The van der Waals surface area contributed by atoms with Crippen LogP contribution in [0.25, 0.3) is 11.3 Å². The van der Waals surface area contributed by atoms with Crippen molar-refractivity contribution in [1.82, 2.24) is 10.3 Å². The van der Waals surface area contributed by atoms with Gasteiger partial charge in [0.2, 0.25) is 5.89 Å². The number of hydrogen-bond acceptors (Lipinski definition) is 3. The predicted molar refractivity (Wildman–Crippen MR) is 68.9 cm³/mol. The zero-order valence-corrected chi connectivity index (χ0v) is 10.7. The first-order valence-corrected chi connectivity index (χ1v) is 5.82. The molecule has 17 heavy (non-hydrogen) atoms. The average molecular weight is 230 g/mol. The molecule has 1 aromatic carbocycles. The van der Waals surface area contributed by atoms with E-state index in [2.05, 4.69) is 42.3 Å². The standard InChI is InChI=1S/C14H18N2O/c1-9-5-10(2)7-12(6-9)13-8-16-14(17-13)11(3)15-4/h5-8,11,15H,1-4H3. The highest BCUT2D eigenvalue weighted by Crippen LogP contribution is 2.24. The second-order valence-corrected chi connectivity index (χ2v) is 4.45. The van der Waals surface area contributed by atoms with Gasteiger partial charge in [0, 0.05) is 5.56 Å². The van der Waals surface area contributed by atoms with E-state index in [9.17, 15) is 0 Å². The van der Waals surface area contributed by atoms with Crippen molar-refractivity contribution in [3.05, 3.63) is 41.4 Å². The lowest BCUT2D eigenvalue weighted by Crippen LogP contribution is -2.12. The quantitative estimate of drug-likeness (QED) is 0.879. The van der Waals surface area contributed by atoms with Gasteiger partial charge in [0.05, 0.1) is 12.2 Å². The van der Waals surface area contributed by atoms with E-state index in [1.165, 1.54) is 11.1 Å². The molecule has 1 unspecified atom stereocenters. The van der Waals surface area contributed by atoms with E-state index in [-0.39, 0.29) is 6.04 Å². The van der Waals surface area contributed by atoms with Crippen LogP contribution in [0.3, 0.4) is 0 Å². The molecule has 1 aromatic heterocycles. The molecule has 0 aliphatic heterocycles. The number of oxazole rings is 1. The number of aromatic nitrogens is 1. The van der Waals surface area contributed by atoms with Gasteiger partial charge in [-0.2, -0.15) is 0 Å². The summed E-state index contributed by atoms with van der Waals surface area (Å²) in [5.41, 5.74) is 3.56. The number of hydrogen-bond donors (Lipinski definition) is 1. The van der Waals surface area contributed by atoms with Gasteiger partial charge < -0.3 is 9.73 Å². The maximum Gasteiger partial charge on any atom is 0.211 e. The van der Waals surface area contributed by atoms with Gasteiger partial charge in [-0.25, -0.2) is 4.98 Å². The smallest absolute Gasteiger partial charge is 0.211 e. The molecule has 2 rings (SSSR count). The summed E-state index contributed by atoms with van der Waals surface area (Å²) in [4.78, 5) is 4.29. The van der Waals surface area contributed by atoms with Gasteiger partial charge in [-0.3, -0.25) is 0 Å². The Bertz CT molecular complexity index is 496. The fourth-order valence-corrected chi connectivity index (χ4v) is 1.86. The molecule has 1 atom stereocenters. The zero-order chi connectivity index (χ0) is 12.4. The monoisotopic (exact) mass is 230 g/mol. The lowest BCUT2D eigenvalue weighted by molar-refractivity contribution is 0.441. The average Bonchev–Trinajstić information content (AvgIpc) is 2.76. The summed E-state index contributed by atoms with van der Waals surface area (Å²) in [6, 6.07) is 6.51. The highest BCUT2D eigenvalue weighted by atomic mass is 16.4. The molecule has 0 bridgehead atoms. The van der Waals surface area contributed by atoms with Crippen LogP contribution in [0.15, 0.2) is 28.8 Å². The third-order valence-corrected chi connectivity index (χ3v) is 2.83. The summed E-state index contributed by atoms with van der Waals surface area (Å²) in [5.74, 6) is 1.55. The summed E-state index contributed by atoms with van der Waals surface area (Å²) in [7, 11) is 1.89. The molecule has 3 nitrogen and oxygen atoms in total. The largest absolute Gasteiger partial charge is 0.439 e. The van der Waals surface area contributed by atoms with Crippen LogP contribution in [-0.4, -0.2) is 12.0 Å². The van der Waals surface area contributed by atoms with Gasteiger partial charge in [0.15, 0.2) is 5.76 Å². The third kappa shape index (κ3) is 2.56. The molecule has 0 radical (unpaired) electrons. The van der Waals surface area contributed by atoms with Crippen LogP contribution in [0.4, 0.5) is 0 Å². The second-order valence-electron chi connectivity index (χ2n) is 4.45. The molecule has 0 aliphatic carbocycles. The molecule has 0 saturated carbocycles. The third-order valence-electron chi connectivity index (χ3n) is 2.83. The molecule has 3 heteroatoms. The lowest BCUT2D eigenvalue weighted by Gasteiger charge is -2.04. The molecular weight excluding hydrogens is 212 g/mol. The van der Waals surface area contributed by atoms with E-state index >= 15 is 0 Å². The molecule has 1 heterocycles. The van der Waals surface area contributed by atoms with E-state index < -0.39 is 0 Å². The van der Waals surface area contributed by atoms with Crippen molar-refractivity contribution in [2.45, 2.75) is 26.8 Å². The molecule has 90 valence electrons. The zero-order valence-electron chi connectivity index (χ0n) is 10.7. The Morgan fingerprint density at radius 1 is 1.18 bits per heavy atom. The van der Waals surface area contributed by atoms with Crippen LogP contribution < -0.4 is 5.32 Å². The topological polar surface area (TPSA) is 38.1 Å². The Morgan fingerprint density at radius 3 is 2.41 bits per heavy atom. The van der Waals surface area contributed by atoms with Gasteiger partial charge >= 0.3 is 0 Å². The summed E-state index contributed by atoms with van der Waals surface area (Å²) in [5, 5.41) is 3.11. The van der Waals surface area contributed by atoms with E-state index in [4.69, 9.17) is 4.42 Å². The molecule has 0 spiro atoms. The van der Waals surface area contributed by atoms with Gasteiger partial charge in [-0.05, 0) is 40.0 Å². The first-order valence-electron chi connectivity index (χ1n) is 5.82. The van der Waals surface area contributed by atoms with E-state index in [1.807, 2.05) is 14.0 Å².